The van der Waals surface area contributed by atoms with Crippen LogP contribution < -0.4 is 11.1 Å². The monoisotopic (exact) mass is 274 g/mol. The number of amides is 1. The summed E-state index contributed by atoms with van der Waals surface area (Å²) in [5.74, 6) is -0.504. The lowest BCUT2D eigenvalue weighted by Gasteiger charge is -2.09. The van der Waals surface area contributed by atoms with Crippen molar-refractivity contribution in [2.24, 2.45) is 5.73 Å². The van der Waals surface area contributed by atoms with Crippen molar-refractivity contribution in [3.05, 3.63) is 35.4 Å². The lowest BCUT2D eigenvalue weighted by molar-refractivity contribution is -0.137. The maximum atomic E-state index is 12.5. The topological polar surface area (TPSA) is 55.1 Å². The molecule has 106 valence electrons. The van der Waals surface area contributed by atoms with Crippen LogP contribution in [0.1, 0.15) is 35.7 Å². The van der Waals surface area contributed by atoms with Crippen molar-refractivity contribution < 1.29 is 18.0 Å². The molecule has 1 amide bonds. The first-order valence-electron chi connectivity index (χ1n) is 6.01. The van der Waals surface area contributed by atoms with Crippen LogP contribution in [-0.2, 0) is 6.18 Å². The highest BCUT2D eigenvalue weighted by Crippen LogP contribution is 2.29. The number of hydrogen-bond donors (Lipinski definition) is 2. The fraction of sp³-hybridized carbons (Fsp3) is 0.462. The molecule has 3 N–H and O–H groups in total. The summed E-state index contributed by atoms with van der Waals surface area (Å²) < 4.78 is 37.4. The number of carbonyl (C=O) groups is 1. The molecule has 0 aliphatic carbocycles. The summed E-state index contributed by atoms with van der Waals surface area (Å²) in [6.45, 7) is 2.26. The third kappa shape index (κ3) is 5.30. The van der Waals surface area contributed by atoms with Crippen LogP contribution in [0.4, 0.5) is 13.2 Å². The molecule has 1 rings (SSSR count). The number of alkyl halides is 3. The van der Waals surface area contributed by atoms with Gasteiger partial charge >= 0.3 is 6.18 Å². The van der Waals surface area contributed by atoms with E-state index in [1.807, 2.05) is 6.92 Å². The zero-order valence-corrected chi connectivity index (χ0v) is 10.6. The molecule has 0 spiro atoms. The van der Waals surface area contributed by atoms with E-state index in [1.54, 1.807) is 0 Å². The lowest BCUT2D eigenvalue weighted by Crippen LogP contribution is -2.26. The summed E-state index contributed by atoms with van der Waals surface area (Å²) in [7, 11) is 0. The van der Waals surface area contributed by atoms with Crippen molar-refractivity contribution in [2.75, 3.05) is 6.54 Å². The normalized spacial score (nSPS) is 13.1. The summed E-state index contributed by atoms with van der Waals surface area (Å²) >= 11 is 0. The molecule has 0 aromatic heterocycles. The summed E-state index contributed by atoms with van der Waals surface area (Å²) in [6, 6.07) is 4.41. The van der Waals surface area contributed by atoms with Gasteiger partial charge in [-0.2, -0.15) is 13.2 Å². The van der Waals surface area contributed by atoms with Crippen molar-refractivity contribution >= 4 is 5.91 Å². The van der Waals surface area contributed by atoms with Crippen LogP contribution in [0.15, 0.2) is 24.3 Å². The van der Waals surface area contributed by atoms with E-state index < -0.39 is 17.6 Å². The standard InChI is InChI=1S/C13H17F3N2O/c1-9(17)4-3-7-18-12(19)10-5-2-6-11(8-10)13(14,15)16/h2,5-6,8-9H,3-4,7,17H2,1H3,(H,18,19). The minimum Gasteiger partial charge on any atom is -0.352 e. The van der Waals surface area contributed by atoms with E-state index in [1.165, 1.54) is 12.1 Å². The minimum absolute atomic E-state index is 0.00984. The Balaban J connectivity index is 2.58. The van der Waals surface area contributed by atoms with Gasteiger partial charge in [0.2, 0.25) is 0 Å². The second kappa shape index (κ2) is 6.56. The molecule has 0 fully saturated rings. The van der Waals surface area contributed by atoms with Gasteiger partial charge in [-0.25, -0.2) is 0 Å². The predicted molar refractivity (Wildman–Crippen MR) is 66.7 cm³/mol. The van der Waals surface area contributed by atoms with Crippen molar-refractivity contribution in [3.63, 3.8) is 0 Å². The van der Waals surface area contributed by atoms with E-state index >= 15 is 0 Å². The highest BCUT2D eigenvalue weighted by atomic mass is 19.4. The van der Waals surface area contributed by atoms with E-state index in [9.17, 15) is 18.0 Å². The largest absolute Gasteiger partial charge is 0.416 e. The molecular formula is C13H17F3N2O. The third-order valence-electron chi connectivity index (χ3n) is 2.57. The van der Waals surface area contributed by atoms with Gasteiger partial charge in [0.15, 0.2) is 0 Å². The number of nitrogens with two attached hydrogens (primary N) is 1. The van der Waals surface area contributed by atoms with Gasteiger partial charge in [-0.3, -0.25) is 4.79 Å². The summed E-state index contributed by atoms with van der Waals surface area (Å²) in [5.41, 5.74) is 4.74. The van der Waals surface area contributed by atoms with E-state index in [-0.39, 0.29) is 11.6 Å². The fourth-order valence-electron chi connectivity index (χ4n) is 1.56. The Morgan fingerprint density at radius 2 is 2.11 bits per heavy atom. The van der Waals surface area contributed by atoms with E-state index in [0.717, 1.165) is 18.6 Å². The number of rotatable bonds is 5. The molecule has 0 saturated heterocycles. The van der Waals surface area contributed by atoms with Crippen molar-refractivity contribution in [2.45, 2.75) is 32.0 Å². The van der Waals surface area contributed by atoms with Gasteiger partial charge in [-0.1, -0.05) is 6.07 Å². The summed E-state index contributed by atoms with van der Waals surface area (Å²) in [5, 5.41) is 2.57. The SMILES string of the molecule is CC(N)CCCNC(=O)c1cccc(C(F)(F)F)c1. The highest BCUT2D eigenvalue weighted by Gasteiger charge is 2.30. The number of benzene rings is 1. The van der Waals surface area contributed by atoms with Gasteiger partial charge in [0.1, 0.15) is 0 Å². The minimum atomic E-state index is -4.44. The summed E-state index contributed by atoms with van der Waals surface area (Å²) in [4.78, 5) is 11.7. The maximum Gasteiger partial charge on any atom is 0.416 e. The second-order valence-electron chi connectivity index (χ2n) is 4.45. The Kier molecular flexibility index (Phi) is 5.35. The molecule has 0 saturated carbocycles. The van der Waals surface area contributed by atoms with E-state index in [4.69, 9.17) is 5.73 Å². The molecule has 0 radical (unpaired) electrons. The Labute approximate surface area is 110 Å². The van der Waals surface area contributed by atoms with Crippen molar-refractivity contribution in [1.29, 1.82) is 0 Å². The molecule has 1 atom stereocenters. The molecule has 1 unspecified atom stereocenters. The lowest BCUT2D eigenvalue weighted by atomic mass is 10.1. The average Bonchev–Trinajstić information content (AvgIpc) is 2.33. The van der Waals surface area contributed by atoms with E-state index in [0.29, 0.717) is 13.0 Å². The molecule has 6 heteroatoms. The molecule has 1 aromatic rings. The van der Waals surface area contributed by atoms with Crippen LogP contribution in [-0.4, -0.2) is 18.5 Å². The molecular weight excluding hydrogens is 257 g/mol. The molecule has 0 heterocycles. The van der Waals surface area contributed by atoms with Crippen LogP contribution >= 0.6 is 0 Å². The Bertz CT molecular complexity index is 430. The van der Waals surface area contributed by atoms with Crippen molar-refractivity contribution in [3.8, 4) is 0 Å². The Hall–Kier alpha value is -1.56. The smallest absolute Gasteiger partial charge is 0.352 e. The van der Waals surface area contributed by atoms with Gasteiger partial charge in [-0.05, 0) is 38.0 Å². The molecule has 1 aromatic carbocycles. The Morgan fingerprint density at radius 1 is 1.42 bits per heavy atom. The number of carbonyl (C=O) groups excluding carboxylic acids is 1. The zero-order valence-electron chi connectivity index (χ0n) is 10.6. The zero-order chi connectivity index (χ0) is 14.5. The number of nitrogens with one attached hydrogen (secondary N) is 1. The van der Waals surface area contributed by atoms with Gasteiger partial charge < -0.3 is 11.1 Å². The molecule has 3 nitrogen and oxygen atoms in total. The quantitative estimate of drug-likeness (QED) is 0.811. The van der Waals surface area contributed by atoms with Crippen LogP contribution in [0.2, 0.25) is 0 Å². The first-order chi connectivity index (χ1) is 8.80. The Morgan fingerprint density at radius 3 is 2.68 bits per heavy atom. The van der Waals surface area contributed by atoms with Crippen LogP contribution in [0, 0.1) is 0 Å². The molecule has 19 heavy (non-hydrogen) atoms. The molecule has 0 bridgehead atoms. The van der Waals surface area contributed by atoms with Gasteiger partial charge in [-0.15, -0.1) is 0 Å². The number of hydrogen-bond acceptors (Lipinski definition) is 2. The molecule has 0 aliphatic rings. The second-order valence-corrected chi connectivity index (χ2v) is 4.45. The maximum absolute atomic E-state index is 12.5. The van der Waals surface area contributed by atoms with Gasteiger partial charge in [0, 0.05) is 18.2 Å². The van der Waals surface area contributed by atoms with Crippen LogP contribution in [0.25, 0.3) is 0 Å². The van der Waals surface area contributed by atoms with Gasteiger partial charge in [0.05, 0.1) is 5.56 Å². The fourth-order valence-corrected chi connectivity index (χ4v) is 1.56. The van der Waals surface area contributed by atoms with Gasteiger partial charge in [0.25, 0.3) is 5.91 Å². The molecule has 0 aliphatic heterocycles. The van der Waals surface area contributed by atoms with Crippen molar-refractivity contribution in [1.82, 2.24) is 5.32 Å². The highest BCUT2D eigenvalue weighted by molar-refractivity contribution is 5.94. The first kappa shape index (κ1) is 15.5. The van der Waals surface area contributed by atoms with Crippen LogP contribution in [0.5, 0.6) is 0 Å². The average molecular weight is 274 g/mol. The first-order valence-corrected chi connectivity index (χ1v) is 6.01. The number of halogens is 3. The van der Waals surface area contributed by atoms with Crippen LogP contribution in [0.3, 0.4) is 0 Å². The van der Waals surface area contributed by atoms with E-state index in [2.05, 4.69) is 5.32 Å². The third-order valence-corrected chi connectivity index (χ3v) is 2.57. The predicted octanol–water partition coefficient (Wildman–Crippen LogP) is 2.56. The summed E-state index contributed by atoms with van der Waals surface area (Å²) in [6.07, 6.45) is -2.99.